The summed E-state index contributed by atoms with van der Waals surface area (Å²) in [6.45, 7) is 0. The van der Waals surface area contributed by atoms with Gasteiger partial charge in [-0.25, -0.2) is 0 Å². The van der Waals surface area contributed by atoms with Gasteiger partial charge in [0.2, 0.25) is 5.82 Å². The second kappa shape index (κ2) is 7.55. The summed E-state index contributed by atoms with van der Waals surface area (Å²) in [7, 11) is 0. The number of hydrogen-bond acceptors (Lipinski definition) is 4. The molecule has 0 aliphatic carbocycles. The maximum atomic E-state index is 12.4. The van der Waals surface area contributed by atoms with E-state index < -0.39 is 0 Å². The summed E-state index contributed by atoms with van der Waals surface area (Å²) in [6, 6.07) is 24.2. The monoisotopic (exact) mass is 419 g/mol. The Morgan fingerprint density at radius 2 is 1.56 bits per heavy atom. The molecule has 0 spiro atoms. The van der Waals surface area contributed by atoms with Gasteiger partial charge in [-0.3, -0.25) is 4.79 Å². The smallest absolute Gasteiger partial charge is 0.258 e. The highest BCUT2D eigenvalue weighted by Crippen LogP contribution is 2.24. The Morgan fingerprint density at radius 3 is 2.30 bits per heavy atom. The van der Waals surface area contributed by atoms with Crippen molar-refractivity contribution in [1.29, 1.82) is 0 Å². The third-order valence-corrected chi connectivity index (χ3v) is 4.66. The van der Waals surface area contributed by atoms with E-state index in [1.807, 2.05) is 60.7 Å². The second-order valence-corrected chi connectivity index (χ2v) is 6.65. The topological polar surface area (TPSA) is 68.0 Å². The van der Waals surface area contributed by atoms with Crippen LogP contribution in [0.2, 0.25) is 0 Å². The van der Waals surface area contributed by atoms with Gasteiger partial charge >= 0.3 is 0 Å². The molecule has 1 amide bonds. The molecule has 5 nitrogen and oxygen atoms in total. The van der Waals surface area contributed by atoms with Gasteiger partial charge in [0.05, 0.1) is 5.56 Å². The van der Waals surface area contributed by atoms with Gasteiger partial charge in [-0.15, -0.1) is 0 Å². The number of amides is 1. The molecular weight excluding hydrogens is 406 g/mol. The van der Waals surface area contributed by atoms with E-state index in [0.29, 0.717) is 23.0 Å². The number of rotatable bonds is 4. The number of carbonyl (C=O) groups excluding carboxylic acids is 1. The molecule has 0 unspecified atom stereocenters. The van der Waals surface area contributed by atoms with Crippen LogP contribution in [0, 0.1) is 0 Å². The maximum Gasteiger partial charge on any atom is 0.258 e. The summed E-state index contributed by atoms with van der Waals surface area (Å²) < 4.78 is 6.11. The van der Waals surface area contributed by atoms with Crippen LogP contribution in [0.4, 0.5) is 5.69 Å². The van der Waals surface area contributed by atoms with E-state index in [-0.39, 0.29) is 5.91 Å². The first-order valence-corrected chi connectivity index (χ1v) is 9.05. The number of nitrogens with one attached hydrogen (secondary N) is 1. The predicted molar refractivity (Wildman–Crippen MR) is 107 cm³/mol. The summed E-state index contributed by atoms with van der Waals surface area (Å²) in [5, 5.41) is 6.90. The van der Waals surface area contributed by atoms with E-state index in [0.717, 1.165) is 15.6 Å². The van der Waals surface area contributed by atoms with Crippen LogP contribution in [0.25, 0.3) is 22.8 Å². The summed E-state index contributed by atoms with van der Waals surface area (Å²) in [5.74, 6) is 0.786. The third kappa shape index (κ3) is 3.80. The molecule has 132 valence electrons. The van der Waals surface area contributed by atoms with Gasteiger partial charge in [-0.05, 0) is 52.3 Å². The van der Waals surface area contributed by atoms with Gasteiger partial charge in [0, 0.05) is 21.3 Å². The minimum absolute atomic E-state index is 0.181. The van der Waals surface area contributed by atoms with Crippen molar-refractivity contribution in [2.45, 2.75) is 0 Å². The van der Waals surface area contributed by atoms with Crippen molar-refractivity contribution in [3.63, 3.8) is 0 Å². The van der Waals surface area contributed by atoms with Crippen molar-refractivity contribution >= 4 is 27.5 Å². The Kier molecular flexibility index (Phi) is 4.80. The summed E-state index contributed by atoms with van der Waals surface area (Å²) in [5.41, 5.74) is 2.93. The van der Waals surface area contributed by atoms with Crippen molar-refractivity contribution in [3.8, 4) is 22.8 Å². The van der Waals surface area contributed by atoms with Gasteiger partial charge in [0.1, 0.15) is 0 Å². The number of hydrogen-bond donors (Lipinski definition) is 1. The molecule has 27 heavy (non-hydrogen) atoms. The minimum Gasteiger partial charge on any atom is -0.334 e. The molecule has 0 saturated heterocycles. The molecule has 0 bridgehead atoms. The summed E-state index contributed by atoms with van der Waals surface area (Å²) in [4.78, 5) is 16.8. The fourth-order valence-corrected chi connectivity index (χ4v) is 3.05. The first-order chi connectivity index (χ1) is 13.2. The predicted octanol–water partition coefficient (Wildman–Crippen LogP) is 5.42. The molecule has 0 atom stereocenters. The van der Waals surface area contributed by atoms with E-state index >= 15 is 0 Å². The van der Waals surface area contributed by atoms with Crippen LogP contribution in [0.15, 0.2) is 87.9 Å². The largest absolute Gasteiger partial charge is 0.334 e. The Balaban J connectivity index is 1.50. The Morgan fingerprint density at radius 1 is 0.852 bits per heavy atom. The molecule has 0 aliphatic rings. The number of carbonyl (C=O) groups is 1. The lowest BCUT2D eigenvalue weighted by atomic mass is 10.1. The van der Waals surface area contributed by atoms with E-state index in [1.54, 1.807) is 18.2 Å². The lowest BCUT2D eigenvalue weighted by Gasteiger charge is -2.07. The highest BCUT2D eigenvalue weighted by atomic mass is 79.9. The standard InChI is InChI=1S/C21H14BrN3O2/c22-18-9-5-4-8-17(18)20(26)23-16-12-10-15(11-13-16)21-24-19(25-27-21)14-6-2-1-3-7-14/h1-13H,(H,23,26). The Labute approximate surface area is 164 Å². The molecule has 0 radical (unpaired) electrons. The average molecular weight is 420 g/mol. The van der Waals surface area contributed by atoms with Crippen molar-refractivity contribution in [2.24, 2.45) is 0 Å². The average Bonchev–Trinajstić information content (AvgIpc) is 3.20. The number of halogens is 1. The van der Waals surface area contributed by atoms with Crippen LogP contribution in [0.5, 0.6) is 0 Å². The van der Waals surface area contributed by atoms with Crippen LogP contribution in [0.1, 0.15) is 10.4 Å². The van der Waals surface area contributed by atoms with Crippen molar-refractivity contribution in [1.82, 2.24) is 10.1 Å². The molecule has 0 saturated carbocycles. The van der Waals surface area contributed by atoms with Crippen LogP contribution < -0.4 is 5.32 Å². The Bertz CT molecular complexity index is 1080. The van der Waals surface area contributed by atoms with Crippen molar-refractivity contribution in [3.05, 3.63) is 88.9 Å². The number of nitrogens with zero attached hydrogens (tertiary/aromatic N) is 2. The highest BCUT2D eigenvalue weighted by molar-refractivity contribution is 9.10. The van der Waals surface area contributed by atoms with E-state index in [1.165, 1.54) is 0 Å². The van der Waals surface area contributed by atoms with Gasteiger partial charge in [-0.1, -0.05) is 47.6 Å². The number of aromatic nitrogens is 2. The lowest BCUT2D eigenvalue weighted by Crippen LogP contribution is -2.12. The lowest BCUT2D eigenvalue weighted by molar-refractivity contribution is 0.102. The molecule has 6 heteroatoms. The molecule has 1 N–H and O–H groups in total. The van der Waals surface area contributed by atoms with Gasteiger partial charge in [-0.2, -0.15) is 4.98 Å². The quantitative estimate of drug-likeness (QED) is 0.479. The molecule has 1 heterocycles. The van der Waals surface area contributed by atoms with Crippen LogP contribution in [-0.4, -0.2) is 16.0 Å². The normalized spacial score (nSPS) is 10.6. The number of benzene rings is 3. The van der Waals surface area contributed by atoms with Gasteiger partial charge < -0.3 is 9.84 Å². The minimum atomic E-state index is -0.181. The molecule has 4 aromatic rings. The SMILES string of the molecule is O=C(Nc1ccc(-c2nc(-c3ccccc3)no2)cc1)c1ccccc1Br. The first-order valence-electron chi connectivity index (χ1n) is 8.26. The summed E-state index contributed by atoms with van der Waals surface area (Å²) >= 11 is 3.39. The van der Waals surface area contributed by atoms with E-state index in [9.17, 15) is 4.79 Å². The van der Waals surface area contributed by atoms with Gasteiger partial charge in [0.25, 0.3) is 11.8 Å². The molecular formula is C21H14BrN3O2. The van der Waals surface area contributed by atoms with Crippen molar-refractivity contribution < 1.29 is 9.32 Å². The fraction of sp³-hybridized carbons (Fsp3) is 0. The first kappa shape index (κ1) is 17.2. The molecule has 1 aromatic heterocycles. The zero-order valence-corrected chi connectivity index (χ0v) is 15.7. The van der Waals surface area contributed by atoms with Crippen LogP contribution in [-0.2, 0) is 0 Å². The highest BCUT2D eigenvalue weighted by Gasteiger charge is 2.12. The fourth-order valence-electron chi connectivity index (χ4n) is 2.59. The van der Waals surface area contributed by atoms with Gasteiger partial charge in [0.15, 0.2) is 0 Å². The second-order valence-electron chi connectivity index (χ2n) is 5.80. The molecule has 0 aliphatic heterocycles. The van der Waals surface area contributed by atoms with E-state index in [2.05, 4.69) is 31.4 Å². The zero-order valence-electron chi connectivity index (χ0n) is 14.1. The van der Waals surface area contributed by atoms with Crippen molar-refractivity contribution in [2.75, 3.05) is 5.32 Å². The number of anilines is 1. The molecule has 0 fully saturated rings. The zero-order chi connectivity index (χ0) is 18.6. The molecule has 3 aromatic carbocycles. The Hall–Kier alpha value is -3.25. The van der Waals surface area contributed by atoms with Crippen LogP contribution in [0.3, 0.4) is 0 Å². The maximum absolute atomic E-state index is 12.4. The third-order valence-electron chi connectivity index (χ3n) is 3.97. The van der Waals surface area contributed by atoms with Crippen LogP contribution >= 0.6 is 15.9 Å². The van der Waals surface area contributed by atoms with E-state index in [4.69, 9.17) is 4.52 Å². The molecule has 4 rings (SSSR count). The summed E-state index contributed by atoms with van der Waals surface area (Å²) in [6.07, 6.45) is 0.